The van der Waals surface area contributed by atoms with Crippen LogP contribution in [0.1, 0.15) is 38.1 Å². The van der Waals surface area contributed by atoms with Gasteiger partial charge in [-0.15, -0.1) is 0 Å². The Hall–Kier alpha value is -3.03. The summed E-state index contributed by atoms with van der Waals surface area (Å²) < 4.78 is 15.8. The fourth-order valence-electron chi connectivity index (χ4n) is 2.56. The lowest BCUT2D eigenvalue weighted by atomic mass is 10.0. The Bertz CT molecular complexity index is 739. The number of hydrogen-bond acceptors (Lipinski definition) is 6. The van der Waals surface area contributed by atoms with Gasteiger partial charge >= 0.3 is 18.0 Å². The van der Waals surface area contributed by atoms with Gasteiger partial charge in [-0.2, -0.15) is 0 Å². The van der Waals surface area contributed by atoms with E-state index >= 15 is 0 Å². The number of carbonyl (C=O) groups excluding carboxylic acids is 3. The Kier molecular flexibility index (Phi) is 6.81. The van der Waals surface area contributed by atoms with Gasteiger partial charge in [-0.05, 0) is 52.0 Å². The number of ether oxygens (including phenoxy) is 3. The van der Waals surface area contributed by atoms with Crippen LogP contribution in [0.2, 0.25) is 0 Å². The van der Waals surface area contributed by atoms with Crippen LogP contribution >= 0.6 is 0 Å². The average Bonchev–Trinajstić information content (AvgIpc) is 2.59. The van der Waals surface area contributed by atoms with Crippen LogP contribution in [0, 0.1) is 0 Å². The van der Waals surface area contributed by atoms with E-state index in [9.17, 15) is 14.4 Å². The molecule has 0 unspecified atom stereocenters. The summed E-state index contributed by atoms with van der Waals surface area (Å²) in [5, 5.41) is 5.08. The first-order chi connectivity index (χ1) is 12.8. The predicted molar refractivity (Wildman–Crippen MR) is 97.3 cm³/mol. The molecule has 1 atom stereocenters. The van der Waals surface area contributed by atoms with E-state index in [1.165, 1.54) is 0 Å². The molecule has 1 aromatic carbocycles. The van der Waals surface area contributed by atoms with Crippen LogP contribution in [-0.4, -0.2) is 43.3 Å². The van der Waals surface area contributed by atoms with Gasteiger partial charge in [0.2, 0.25) is 0 Å². The third kappa shape index (κ3) is 5.47. The van der Waals surface area contributed by atoms with E-state index in [0.29, 0.717) is 11.3 Å². The Morgan fingerprint density at radius 2 is 1.78 bits per heavy atom. The number of amides is 2. The second kappa shape index (κ2) is 9.07. The maximum absolute atomic E-state index is 12.3. The largest absolute Gasteiger partial charge is 0.491 e. The number of urea groups is 1. The lowest BCUT2D eigenvalue weighted by Crippen LogP contribution is -2.50. The molecule has 0 radical (unpaired) electrons. The van der Waals surface area contributed by atoms with Gasteiger partial charge in [-0.25, -0.2) is 14.4 Å². The average molecular weight is 376 g/mol. The third-order valence-electron chi connectivity index (χ3n) is 3.67. The molecule has 0 saturated heterocycles. The molecule has 8 nitrogen and oxygen atoms in total. The van der Waals surface area contributed by atoms with E-state index in [2.05, 4.69) is 10.6 Å². The van der Waals surface area contributed by atoms with Crippen molar-refractivity contribution in [2.75, 3.05) is 13.2 Å². The lowest BCUT2D eigenvalue weighted by Gasteiger charge is -2.26. The lowest BCUT2D eigenvalue weighted by molar-refractivity contribution is -0.139. The first kappa shape index (κ1) is 20.3. The van der Waals surface area contributed by atoms with Crippen molar-refractivity contribution < 1.29 is 28.6 Å². The first-order valence-electron chi connectivity index (χ1n) is 8.73. The quantitative estimate of drug-likeness (QED) is 0.707. The zero-order valence-corrected chi connectivity index (χ0v) is 15.8. The number of nitrogens with one attached hydrogen (secondary N) is 2. The molecule has 1 aromatic rings. The summed E-state index contributed by atoms with van der Waals surface area (Å²) in [6.07, 6.45) is 0.0292. The summed E-state index contributed by atoms with van der Waals surface area (Å²) in [5.74, 6) is -0.505. The molecule has 1 aliphatic heterocycles. The summed E-state index contributed by atoms with van der Waals surface area (Å²) in [5.41, 5.74) is 0.764. The summed E-state index contributed by atoms with van der Waals surface area (Å²) in [6, 6.07) is 5.49. The molecule has 1 heterocycles. The van der Waals surface area contributed by atoms with E-state index in [1.807, 2.05) is 13.8 Å². The maximum atomic E-state index is 12.3. The zero-order chi connectivity index (χ0) is 20.0. The van der Waals surface area contributed by atoms with Crippen molar-refractivity contribution in [2.45, 2.75) is 39.8 Å². The van der Waals surface area contributed by atoms with E-state index in [-0.39, 0.29) is 30.6 Å². The van der Waals surface area contributed by atoms with E-state index in [1.54, 1.807) is 38.1 Å². The highest BCUT2D eigenvalue weighted by Crippen LogP contribution is 2.17. The van der Waals surface area contributed by atoms with Crippen molar-refractivity contribution in [1.29, 1.82) is 0 Å². The summed E-state index contributed by atoms with van der Waals surface area (Å²) in [7, 11) is 0. The van der Waals surface area contributed by atoms with Gasteiger partial charge in [0.25, 0.3) is 0 Å². The van der Waals surface area contributed by atoms with Gasteiger partial charge in [0, 0.05) is 0 Å². The molecule has 0 aliphatic carbocycles. The van der Waals surface area contributed by atoms with Crippen LogP contribution in [0.4, 0.5) is 4.79 Å². The molecule has 2 N–H and O–H groups in total. The Labute approximate surface area is 157 Å². The van der Waals surface area contributed by atoms with Crippen LogP contribution < -0.4 is 15.4 Å². The Morgan fingerprint density at radius 3 is 2.37 bits per heavy atom. The maximum Gasteiger partial charge on any atom is 0.338 e. The molecule has 0 fully saturated rings. The van der Waals surface area contributed by atoms with E-state index in [4.69, 9.17) is 14.2 Å². The van der Waals surface area contributed by atoms with E-state index < -0.39 is 24.0 Å². The number of carbonyl (C=O) groups is 3. The van der Waals surface area contributed by atoms with Crippen LogP contribution in [0.15, 0.2) is 35.5 Å². The SMILES string of the molecule is CCOC(=O)C1=C(COC(=O)c2ccc(OC(C)C)cc2)NC(=O)N[C@H]1C. The van der Waals surface area contributed by atoms with Crippen molar-refractivity contribution in [3.8, 4) is 5.75 Å². The molecule has 2 rings (SSSR count). The second-order valence-corrected chi connectivity index (χ2v) is 6.20. The van der Waals surface area contributed by atoms with Gasteiger partial charge in [0.1, 0.15) is 12.4 Å². The zero-order valence-electron chi connectivity index (χ0n) is 15.8. The standard InChI is InChI=1S/C19H24N2O6/c1-5-25-18(23)16-12(4)20-19(24)21-15(16)10-26-17(22)13-6-8-14(9-7-13)27-11(2)3/h6-9,11-12H,5,10H2,1-4H3,(H2,20,21,24)/t12-/m0/s1. The summed E-state index contributed by atoms with van der Waals surface area (Å²) in [4.78, 5) is 36.1. The molecule has 146 valence electrons. The van der Waals surface area contributed by atoms with Gasteiger partial charge in [-0.3, -0.25) is 0 Å². The van der Waals surface area contributed by atoms with Gasteiger partial charge in [-0.1, -0.05) is 0 Å². The highest BCUT2D eigenvalue weighted by atomic mass is 16.5. The molecule has 0 saturated carbocycles. The van der Waals surface area contributed by atoms with Crippen LogP contribution in [0.3, 0.4) is 0 Å². The highest BCUT2D eigenvalue weighted by molar-refractivity contribution is 5.95. The van der Waals surface area contributed by atoms with Gasteiger partial charge in [0.05, 0.1) is 35.6 Å². The van der Waals surface area contributed by atoms with Crippen molar-refractivity contribution >= 4 is 18.0 Å². The molecule has 0 aromatic heterocycles. The third-order valence-corrected chi connectivity index (χ3v) is 3.67. The second-order valence-electron chi connectivity index (χ2n) is 6.20. The number of esters is 2. The normalized spacial score (nSPS) is 16.5. The van der Waals surface area contributed by atoms with Gasteiger partial charge in [0.15, 0.2) is 0 Å². The molecular weight excluding hydrogens is 352 g/mol. The monoisotopic (exact) mass is 376 g/mol. The van der Waals surface area contributed by atoms with Crippen LogP contribution in [0.25, 0.3) is 0 Å². The molecule has 0 spiro atoms. The summed E-state index contributed by atoms with van der Waals surface area (Å²) >= 11 is 0. The van der Waals surface area contributed by atoms with Crippen molar-refractivity contribution in [3.05, 3.63) is 41.1 Å². The Balaban J connectivity index is 2.09. The minimum absolute atomic E-state index is 0.0292. The topological polar surface area (TPSA) is 103 Å². The first-order valence-corrected chi connectivity index (χ1v) is 8.73. The molecule has 2 amide bonds. The molecular formula is C19H24N2O6. The molecule has 0 bridgehead atoms. The fourth-order valence-corrected chi connectivity index (χ4v) is 2.56. The highest BCUT2D eigenvalue weighted by Gasteiger charge is 2.30. The molecule has 27 heavy (non-hydrogen) atoms. The van der Waals surface area contributed by atoms with Crippen molar-refractivity contribution in [1.82, 2.24) is 10.6 Å². The minimum atomic E-state index is -0.581. The van der Waals surface area contributed by atoms with Crippen LogP contribution in [0.5, 0.6) is 5.75 Å². The minimum Gasteiger partial charge on any atom is -0.491 e. The molecule has 1 aliphatic rings. The van der Waals surface area contributed by atoms with E-state index in [0.717, 1.165) is 0 Å². The number of hydrogen-bond donors (Lipinski definition) is 2. The van der Waals surface area contributed by atoms with Crippen molar-refractivity contribution in [3.63, 3.8) is 0 Å². The Morgan fingerprint density at radius 1 is 1.11 bits per heavy atom. The van der Waals surface area contributed by atoms with Crippen molar-refractivity contribution in [2.24, 2.45) is 0 Å². The fraction of sp³-hybridized carbons (Fsp3) is 0.421. The number of benzene rings is 1. The number of rotatable bonds is 7. The van der Waals surface area contributed by atoms with Gasteiger partial charge < -0.3 is 24.8 Å². The predicted octanol–water partition coefficient (Wildman–Crippen LogP) is 2.15. The smallest absolute Gasteiger partial charge is 0.338 e. The van der Waals surface area contributed by atoms with Crippen LogP contribution in [-0.2, 0) is 14.3 Å². The summed E-state index contributed by atoms with van der Waals surface area (Å²) in [6.45, 7) is 7.09. The molecule has 8 heteroatoms.